The van der Waals surface area contributed by atoms with Crippen LogP contribution in [0.15, 0.2) is 30.6 Å². The van der Waals surface area contributed by atoms with Gasteiger partial charge in [-0.2, -0.15) is 8.42 Å². The number of fused-ring (bicyclic) bond motifs is 2. The summed E-state index contributed by atoms with van der Waals surface area (Å²) in [6, 6.07) is 7.80. The van der Waals surface area contributed by atoms with Gasteiger partial charge in [-0.25, -0.2) is 19.8 Å². The quantitative estimate of drug-likeness (QED) is 0.318. The first-order chi connectivity index (χ1) is 17.3. The molecule has 5 atom stereocenters. The van der Waals surface area contributed by atoms with E-state index in [0.29, 0.717) is 43.0 Å². The van der Waals surface area contributed by atoms with Crippen LogP contribution >= 0.6 is 0 Å². The van der Waals surface area contributed by atoms with Crippen molar-refractivity contribution in [2.45, 2.75) is 43.6 Å². The summed E-state index contributed by atoms with van der Waals surface area (Å²) in [5, 5.41) is 27.5. The zero-order valence-corrected chi connectivity index (χ0v) is 20.5. The molecule has 0 aliphatic heterocycles. The Balaban J connectivity index is 1.37. The Labute approximate surface area is 208 Å². The molecule has 1 saturated carbocycles. The lowest BCUT2D eigenvalue weighted by molar-refractivity contribution is 0.0136. The van der Waals surface area contributed by atoms with Crippen LogP contribution in [0.1, 0.15) is 36.1 Å². The number of aromatic nitrogens is 5. The van der Waals surface area contributed by atoms with Gasteiger partial charge in [-0.05, 0) is 24.0 Å². The molecule has 1 fully saturated rings. The molecule has 4 N–H and O–H groups in total. The number of benzene rings is 1. The molecule has 194 valence electrons. The van der Waals surface area contributed by atoms with Gasteiger partial charge in [0.1, 0.15) is 6.33 Å². The molecule has 0 unspecified atom stereocenters. The highest BCUT2D eigenvalue weighted by molar-refractivity contribution is 7.84. The molecule has 0 saturated heterocycles. The molecule has 3 aromatic rings. The Hall–Kier alpha value is -2.75. The average molecular weight is 520 g/mol. The predicted molar refractivity (Wildman–Crippen MR) is 128 cm³/mol. The minimum atomic E-state index is -4.08. The molecule has 13 nitrogen and oxygen atoms in total. The summed E-state index contributed by atoms with van der Waals surface area (Å²) in [5.41, 5.74) is 3.35. The summed E-state index contributed by atoms with van der Waals surface area (Å²) in [6.45, 7) is 0.779. The Morgan fingerprint density at radius 2 is 2.06 bits per heavy atom. The van der Waals surface area contributed by atoms with Gasteiger partial charge in [-0.3, -0.25) is 4.18 Å². The number of hydrogen-bond donors (Lipinski definition) is 3. The Bertz CT molecular complexity index is 1320. The van der Waals surface area contributed by atoms with Gasteiger partial charge in [0, 0.05) is 19.4 Å². The number of aliphatic hydroxyl groups is 1. The van der Waals surface area contributed by atoms with E-state index in [1.165, 1.54) is 11.9 Å². The molecule has 2 aromatic heterocycles. The van der Waals surface area contributed by atoms with Crippen LogP contribution in [0.2, 0.25) is 0 Å². The zero-order valence-electron chi connectivity index (χ0n) is 19.7. The van der Waals surface area contributed by atoms with Gasteiger partial charge in [0.25, 0.3) is 0 Å². The average Bonchev–Trinajstić information content (AvgIpc) is 3.53. The van der Waals surface area contributed by atoms with E-state index in [0.717, 1.165) is 12.0 Å². The molecule has 1 aromatic carbocycles. The molecule has 36 heavy (non-hydrogen) atoms. The second-order valence-corrected chi connectivity index (χ2v) is 10.3. The number of nitrogens with zero attached hydrogens (tertiary/aromatic N) is 5. The lowest BCUT2D eigenvalue weighted by Gasteiger charge is -2.23. The van der Waals surface area contributed by atoms with Crippen molar-refractivity contribution in [3.05, 3.63) is 41.7 Å². The normalized spacial score (nSPS) is 25.9. The summed E-state index contributed by atoms with van der Waals surface area (Å²) < 4.78 is 39.9. The molecule has 0 spiro atoms. The first kappa shape index (κ1) is 24.9. The standard InChI is InChI=1S/C22H29N7O6S/c1-33-6-7-34-18-9-13-4-2-3-5-16(13)19(18)26-21-20-22(25-12-24-21)29(28-27-20)15-8-14(17(30)10-15)11-35-36(23,31)32/h2-5,12,14-15,17-19,30H,6-11H2,1H3,(H2,23,31,32)(H,24,25,26)/t14-,15+,17-,18-,19+/m0/s1. The smallest absolute Gasteiger partial charge is 0.333 e. The highest BCUT2D eigenvalue weighted by Gasteiger charge is 2.37. The van der Waals surface area contributed by atoms with Crippen molar-refractivity contribution < 1.29 is 27.2 Å². The van der Waals surface area contributed by atoms with Crippen molar-refractivity contribution in [2.75, 3.05) is 32.2 Å². The van der Waals surface area contributed by atoms with E-state index in [1.54, 1.807) is 11.8 Å². The maximum Gasteiger partial charge on any atom is 0.333 e. The Morgan fingerprint density at radius 3 is 2.86 bits per heavy atom. The van der Waals surface area contributed by atoms with Crippen LogP contribution in [0, 0.1) is 5.92 Å². The van der Waals surface area contributed by atoms with Gasteiger partial charge in [0.15, 0.2) is 17.0 Å². The SMILES string of the molecule is COCCO[C@H]1Cc2ccccc2[C@H]1Nc1ncnc2c1nnn2[C@@H]1C[C@@H](COS(N)(=O)=O)[C@@H](O)C1. The first-order valence-electron chi connectivity index (χ1n) is 11.7. The predicted octanol–water partition coefficient (Wildman–Crippen LogP) is 0.494. The van der Waals surface area contributed by atoms with Gasteiger partial charge in [-0.15, -0.1) is 5.10 Å². The molecule has 0 bridgehead atoms. The fourth-order valence-corrected chi connectivity index (χ4v) is 5.43. The molecular formula is C22H29N7O6S. The number of ether oxygens (including phenoxy) is 2. The third-order valence-electron chi connectivity index (χ3n) is 6.78. The van der Waals surface area contributed by atoms with Crippen molar-refractivity contribution >= 4 is 27.3 Å². The minimum absolute atomic E-state index is 0.109. The van der Waals surface area contributed by atoms with E-state index in [-0.39, 0.29) is 24.8 Å². The fraction of sp³-hybridized carbons (Fsp3) is 0.545. The summed E-state index contributed by atoms with van der Waals surface area (Å²) in [7, 11) is -2.44. The molecule has 14 heteroatoms. The Morgan fingerprint density at radius 1 is 1.22 bits per heavy atom. The van der Waals surface area contributed by atoms with Gasteiger partial charge in [-0.1, -0.05) is 29.5 Å². The van der Waals surface area contributed by atoms with E-state index in [1.807, 2.05) is 12.1 Å². The van der Waals surface area contributed by atoms with E-state index in [2.05, 4.69) is 37.7 Å². The second kappa shape index (κ2) is 10.3. The van der Waals surface area contributed by atoms with Gasteiger partial charge in [0.05, 0.1) is 44.1 Å². The van der Waals surface area contributed by atoms with Gasteiger partial charge < -0.3 is 19.9 Å². The number of methoxy groups -OCH3 is 1. The monoisotopic (exact) mass is 519 g/mol. The van der Waals surface area contributed by atoms with Crippen LogP contribution in [-0.2, 0) is 30.4 Å². The number of anilines is 1. The molecule has 0 amide bonds. The van der Waals surface area contributed by atoms with E-state index < -0.39 is 22.3 Å². The van der Waals surface area contributed by atoms with E-state index in [4.69, 9.17) is 18.8 Å². The van der Waals surface area contributed by atoms with Crippen LogP contribution < -0.4 is 10.5 Å². The number of nitrogens with one attached hydrogen (secondary N) is 1. The lowest BCUT2D eigenvalue weighted by atomic mass is 10.1. The van der Waals surface area contributed by atoms with Crippen LogP contribution in [0.5, 0.6) is 0 Å². The molecule has 2 aliphatic carbocycles. The third kappa shape index (κ3) is 5.19. The zero-order chi connectivity index (χ0) is 25.3. The third-order valence-corrected chi connectivity index (χ3v) is 7.25. The number of aliphatic hydroxyl groups excluding tert-OH is 1. The highest BCUT2D eigenvalue weighted by atomic mass is 32.2. The summed E-state index contributed by atoms with van der Waals surface area (Å²) in [5.74, 6) is 0.118. The van der Waals surface area contributed by atoms with Gasteiger partial charge in [0.2, 0.25) is 0 Å². The molecule has 2 heterocycles. The number of hydrogen-bond acceptors (Lipinski definition) is 11. The first-order valence-corrected chi connectivity index (χ1v) is 13.2. The maximum atomic E-state index is 11.1. The van der Waals surface area contributed by atoms with Crippen LogP contribution in [0.4, 0.5) is 5.82 Å². The Kier molecular flexibility index (Phi) is 7.14. The number of nitrogens with two attached hydrogens (primary N) is 1. The topological polar surface area (TPSA) is 177 Å². The molecule has 0 radical (unpaired) electrons. The van der Waals surface area contributed by atoms with E-state index in [9.17, 15) is 13.5 Å². The molecule has 5 rings (SSSR count). The maximum absolute atomic E-state index is 11.1. The summed E-state index contributed by atoms with van der Waals surface area (Å²) in [6.07, 6.45) is 2.12. The van der Waals surface area contributed by atoms with Crippen molar-refractivity contribution in [3.8, 4) is 0 Å². The van der Waals surface area contributed by atoms with E-state index >= 15 is 0 Å². The van der Waals surface area contributed by atoms with Crippen molar-refractivity contribution in [3.63, 3.8) is 0 Å². The summed E-state index contributed by atoms with van der Waals surface area (Å²) >= 11 is 0. The van der Waals surface area contributed by atoms with Crippen LogP contribution in [0.25, 0.3) is 11.2 Å². The van der Waals surface area contributed by atoms with Crippen molar-refractivity contribution in [2.24, 2.45) is 11.1 Å². The van der Waals surface area contributed by atoms with Crippen LogP contribution in [-0.4, -0.2) is 77.6 Å². The lowest BCUT2D eigenvalue weighted by Crippen LogP contribution is -2.26. The largest absolute Gasteiger partial charge is 0.393 e. The summed E-state index contributed by atoms with van der Waals surface area (Å²) in [4.78, 5) is 8.82. The van der Waals surface area contributed by atoms with Gasteiger partial charge >= 0.3 is 10.3 Å². The van der Waals surface area contributed by atoms with Crippen molar-refractivity contribution in [1.29, 1.82) is 0 Å². The fourth-order valence-electron chi connectivity index (χ4n) is 5.07. The number of rotatable bonds is 10. The second-order valence-electron chi connectivity index (χ2n) is 9.09. The molecule has 2 aliphatic rings. The highest BCUT2D eigenvalue weighted by Crippen LogP contribution is 2.38. The van der Waals surface area contributed by atoms with Crippen molar-refractivity contribution in [1.82, 2.24) is 25.0 Å². The molecular weight excluding hydrogens is 490 g/mol. The van der Waals surface area contributed by atoms with Crippen LogP contribution in [0.3, 0.4) is 0 Å². The minimum Gasteiger partial charge on any atom is -0.393 e.